The van der Waals surface area contributed by atoms with Crippen LogP contribution in [0.5, 0.6) is 5.75 Å². The van der Waals surface area contributed by atoms with E-state index < -0.39 is 0 Å². The molecule has 0 N–H and O–H groups in total. The summed E-state index contributed by atoms with van der Waals surface area (Å²) < 4.78 is 16.7. The van der Waals surface area contributed by atoms with Gasteiger partial charge in [-0.15, -0.1) is 0 Å². The molecule has 126 valence electrons. The van der Waals surface area contributed by atoms with Gasteiger partial charge in [-0.05, 0) is 49.2 Å². The van der Waals surface area contributed by atoms with Gasteiger partial charge in [0.25, 0.3) is 0 Å². The van der Waals surface area contributed by atoms with Gasteiger partial charge in [-0.1, -0.05) is 13.0 Å². The molecule has 2 heterocycles. The van der Waals surface area contributed by atoms with Crippen molar-refractivity contribution >= 4 is 21.9 Å². The smallest absolute Gasteiger partial charge is 0.336 e. The average Bonchev–Trinajstić information content (AvgIpc) is 2.96. The molecule has 4 nitrogen and oxygen atoms in total. The Morgan fingerprint density at radius 3 is 2.48 bits per heavy atom. The molecular weight excluding hydrogens is 316 g/mol. The Hall–Kier alpha value is -3.01. The Kier molecular flexibility index (Phi) is 3.61. The first-order chi connectivity index (χ1) is 12.1. The number of aryl methyl sites for hydroxylation is 2. The molecule has 4 aromatic rings. The summed E-state index contributed by atoms with van der Waals surface area (Å²) in [5.41, 5.74) is 3.86. The molecule has 0 bridgehead atoms. The largest absolute Gasteiger partial charge is 0.497 e. The van der Waals surface area contributed by atoms with Gasteiger partial charge in [-0.25, -0.2) is 4.79 Å². The monoisotopic (exact) mass is 334 g/mol. The summed E-state index contributed by atoms with van der Waals surface area (Å²) in [5, 5.41) is 1.86. The molecule has 0 aliphatic carbocycles. The van der Waals surface area contributed by atoms with E-state index in [2.05, 4.69) is 13.0 Å². The third-order valence-corrected chi connectivity index (χ3v) is 4.60. The molecule has 0 saturated carbocycles. The molecule has 0 fully saturated rings. The molecule has 2 aromatic heterocycles. The molecule has 25 heavy (non-hydrogen) atoms. The van der Waals surface area contributed by atoms with Gasteiger partial charge in [0.2, 0.25) is 0 Å². The predicted molar refractivity (Wildman–Crippen MR) is 98.4 cm³/mol. The lowest BCUT2D eigenvalue weighted by Crippen LogP contribution is -1.98. The number of rotatable bonds is 3. The van der Waals surface area contributed by atoms with Crippen LogP contribution in [0.1, 0.15) is 18.1 Å². The number of hydrogen-bond acceptors (Lipinski definition) is 4. The highest BCUT2D eigenvalue weighted by Gasteiger charge is 2.17. The van der Waals surface area contributed by atoms with E-state index in [4.69, 9.17) is 13.6 Å². The molecule has 0 aliphatic rings. The molecule has 2 aromatic carbocycles. The van der Waals surface area contributed by atoms with Crippen LogP contribution < -0.4 is 10.4 Å². The zero-order valence-corrected chi connectivity index (χ0v) is 14.4. The minimum atomic E-state index is -0.385. The van der Waals surface area contributed by atoms with Gasteiger partial charge in [-0.3, -0.25) is 0 Å². The molecule has 0 aliphatic heterocycles. The second-order valence-corrected chi connectivity index (χ2v) is 6.08. The van der Waals surface area contributed by atoms with Crippen molar-refractivity contribution in [3.8, 4) is 17.1 Å². The summed E-state index contributed by atoms with van der Waals surface area (Å²) in [6.07, 6.45) is 0.908. The van der Waals surface area contributed by atoms with E-state index in [1.54, 1.807) is 7.11 Å². The molecule has 0 atom stereocenters. The van der Waals surface area contributed by atoms with Gasteiger partial charge in [0, 0.05) is 28.0 Å². The third kappa shape index (κ3) is 2.50. The number of fused-ring (bicyclic) bond motifs is 2. The summed E-state index contributed by atoms with van der Waals surface area (Å²) in [6.45, 7) is 4.09. The summed E-state index contributed by atoms with van der Waals surface area (Å²) in [5.74, 6) is 1.46. The van der Waals surface area contributed by atoms with Crippen molar-refractivity contribution in [3.63, 3.8) is 0 Å². The Morgan fingerprint density at radius 2 is 1.72 bits per heavy atom. The molecular formula is C21H18O4. The summed E-state index contributed by atoms with van der Waals surface area (Å²) in [7, 11) is 1.64. The van der Waals surface area contributed by atoms with Gasteiger partial charge >= 0.3 is 5.63 Å². The lowest BCUT2D eigenvalue weighted by molar-refractivity contribution is 0.415. The van der Waals surface area contributed by atoms with Crippen molar-refractivity contribution in [1.29, 1.82) is 0 Å². The van der Waals surface area contributed by atoms with Gasteiger partial charge in [-0.2, -0.15) is 0 Å². The highest BCUT2D eigenvalue weighted by Crippen LogP contribution is 2.37. The third-order valence-electron chi connectivity index (χ3n) is 4.60. The first kappa shape index (κ1) is 15.5. The van der Waals surface area contributed by atoms with Crippen molar-refractivity contribution in [2.24, 2.45) is 0 Å². The Bertz CT molecular complexity index is 1150. The Labute approximate surface area is 144 Å². The highest BCUT2D eigenvalue weighted by atomic mass is 16.5. The summed E-state index contributed by atoms with van der Waals surface area (Å²) in [4.78, 5) is 12.0. The topological polar surface area (TPSA) is 52.6 Å². The lowest BCUT2D eigenvalue weighted by Gasteiger charge is -2.06. The number of benzene rings is 2. The van der Waals surface area contributed by atoms with E-state index in [0.29, 0.717) is 11.3 Å². The lowest BCUT2D eigenvalue weighted by atomic mass is 10.0. The average molecular weight is 334 g/mol. The molecule has 0 unspecified atom stereocenters. The second kappa shape index (κ2) is 5.81. The van der Waals surface area contributed by atoms with Crippen molar-refractivity contribution in [2.75, 3.05) is 7.11 Å². The van der Waals surface area contributed by atoms with Crippen molar-refractivity contribution in [2.45, 2.75) is 20.3 Å². The van der Waals surface area contributed by atoms with Crippen molar-refractivity contribution < 1.29 is 13.6 Å². The van der Waals surface area contributed by atoms with E-state index in [9.17, 15) is 4.79 Å². The van der Waals surface area contributed by atoms with Gasteiger partial charge < -0.3 is 13.6 Å². The van der Waals surface area contributed by atoms with Crippen molar-refractivity contribution in [3.05, 3.63) is 64.0 Å². The molecule has 0 radical (unpaired) electrons. The van der Waals surface area contributed by atoms with E-state index in [1.165, 1.54) is 11.6 Å². The Balaban J connectivity index is 2.05. The molecule has 0 saturated heterocycles. The van der Waals surface area contributed by atoms with Crippen LogP contribution in [0.15, 0.2) is 56.1 Å². The van der Waals surface area contributed by atoms with E-state index >= 15 is 0 Å². The number of furan rings is 1. The maximum absolute atomic E-state index is 12.0. The van der Waals surface area contributed by atoms with E-state index in [1.807, 2.05) is 37.3 Å². The van der Waals surface area contributed by atoms with Crippen LogP contribution in [-0.4, -0.2) is 7.11 Å². The summed E-state index contributed by atoms with van der Waals surface area (Å²) in [6, 6.07) is 13.1. The van der Waals surface area contributed by atoms with Crippen LogP contribution in [0.4, 0.5) is 0 Å². The van der Waals surface area contributed by atoms with E-state index in [0.717, 1.165) is 39.7 Å². The fraction of sp³-hybridized carbons (Fsp3) is 0.190. The maximum atomic E-state index is 12.0. The predicted octanol–water partition coefficient (Wildman–Crippen LogP) is 5.09. The zero-order chi connectivity index (χ0) is 17.6. The molecule has 0 spiro atoms. The zero-order valence-electron chi connectivity index (χ0n) is 14.4. The van der Waals surface area contributed by atoms with Crippen LogP contribution in [0.3, 0.4) is 0 Å². The normalized spacial score (nSPS) is 11.3. The minimum Gasteiger partial charge on any atom is -0.497 e. The van der Waals surface area contributed by atoms with Crippen LogP contribution in [-0.2, 0) is 6.42 Å². The standard InChI is InChI=1S/C21H18O4/c1-4-13-5-7-19-16(9-13)17(11-20(22)24-19)21-12(2)15-10-14(23-3)6-8-18(15)25-21/h5-11H,4H2,1-3H3. The van der Waals surface area contributed by atoms with Gasteiger partial charge in [0.15, 0.2) is 0 Å². The first-order valence-corrected chi connectivity index (χ1v) is 8.25. The van der Waals surface area contributed by atoms with Gasteiger partial charge in [0.05, 0.1) is 7.11 Å². The number of methoxy groups -OCH3 is 1. The minimum absolute atomic E-state index is 0.385. The van der Waals surface area contributed by atoms with Crippen LogP contribution in [0, 0.1) is 6.92 Å². The maximum Gasteiger partial charge on any atom is 0.336 e. The Morgan fingerprint density at radius 1 is 0.960 bits per heavy atom. The molecule has 4 rings (SSSR count). The van der Waals surface area contributed by atoms with Crippen LogP contribution in [0.2, 0.25) is 0 Å². The van der Waals surface area contributed by atoms with Gasteiger partial charge in [0.1, 0.15) is 22.7 Å². The highest BCUT2D eigenvalue weighted by molar-refractivity contribution is 5.97. The molecule has 4 heteroatoms. The summed E-state index contributed by atoms with van der Waals surface area (Å²) >= 11 is 0. The quantitative estimate of drug-likeness (QED) is 0.490. The van der Waals surface area contributed by atoms with Crippen LogP contribution >= 0.6 is 0 Å². The fourth-order valence-electron chi connectivity index (χ4n) is 3.20. The first-order valence-electron chi connectivity index (χ1n) is 8.25. The molecule has 0 amide bonds. The SMILES string of the molecule is CCc1ccc2oc(=O)cc(-c3oc4ccc(OC)cc4c3C)c2c1. The number of hydrogen-bond donors (Lipinski definition) is 0. The second-order valence-electron chi connectivity index (χ2n) is 6.08. The van der Waals surface area contributed by atoms with Crippen LogP contribution in [0.25, 0.3) is 33.3 Å². The number of ether oxygens (including phenoxy) is 1. The van der Waals surface area contributed by atoms with E-state index in [-0.39, 0.29) is 5.63 Å². The fourth-order valence-corrected chi connectivity index (χ4v) is 3.20. The van der Waals surface area contributed by atoms with Crippen molar-refractivity contribution in [1.82, 2.24) is 0 Å².